The molecule has 2 N–H and O–H groups in total. The fourth-order valence-electron chi connectivity index (χ4n) is 3.01. The van der Waals surface area contributed by atoms with Crippen molar-refractivity contribution in [2.45, 2.75) is 25.8 Å². The number of carbonyl (C=O) groups is 2. The Kier molecular flexibility index (Phi) is 4.17. The van der Waals surface area contributed by atoms with E-state index in [0.29, 0.717) is 5.56 Å². The molecule has 1 aliphatic rings. The molecule has 5 heteroatoms. The SMILES string of the molecule is CC(=O)c1ccc(-c2cccc(C3(C)CC(=O)N(C)C(N)=N3)c2)cc1. The van der Waals surface area contributed by atoms with Crippen LogP contribution in [0, 0.1) is 0 Å². The minimum absolute atomic E-state index is 0.0439. The van der Waals surface area contributed by atoms with E-state index in [1.807, 2.05) is 55.5 Å². The lowest BCUT2D eigenvalue weighted by Crippen LogP contribution is -2.47. The molecule has 25 heavy (non-hydrogen) atoms. The summed E-state index contributed by atoms with van der Waals surface area (Å²) in [4.78, 5) is 29.5. The second kappa shape index (κ2) is 6.16. The quantitative estimate of drug-likeness (QED) is 0.876. The molecule has 0 aliphatic carbocycles. The summed E-state index contributed by atoms with van der Waals surface area (Å²) in [6, 6.07) is 15.4. The number of rotatable bonds is 3. The first-order chi connectivity index (χ1) is 11.8. The lowest BCUT2D eigenvalue weighted by molar-refractivity contribution is -0.128. The number of benzene rings is 2. The number of nitrogens with two attached hydrogens (primary N) is 1. The van der Waals surface area contributed by atoms with E-state index in [0.717, 1.165) is 16.7 Å². The van der Waals surface area contributed by atoms with Gasteiger partial charge >= 0.3 is 0 Å². The number of hydrogen-bond donors (Lipinski definition) is 1. The van der Waals surface area contributed by atoms with E-state index in [4.69, 9.17) is 5.73 Å². The number of nitrogens with zero attached hydrogens (tertiary/aromatic N) is 2. The molecular formula is C20H21N3O2. The number of carbonyl (C=O) groups excluding carboxylic acids is 2. The zero-order valence-corrected chi connectivity index (χ0v) is 14.6. The molecule has 0 bridgehead atoms. The van der Waals surface area contributed by atoms with Gasteiger partial charge in [-0.15, -0.1) is 0 Å². The van der Waals surface area contributed by atoms with Crippen molar-refractivity contribution in [3.8, 4) is 11.1 Å². The van der Waals surface area contributed by atoms with Gasteiger partial charge in [-0.25, -0.2) is 4.99 Å². The molecular weight excluding hydrogens is 314 g/mol. The van der Waals surface area contributed by atoms with Crippen molar-refractivity contribution in [3.05, 3.63) is 59.7 Å². The monoisotopic (exact) mass is 335 g/mol. The van der Waals surface area contributed by atoms with Crippen LogP contribution in [0.15, 0.2) is 53.5 Å². The molecule has 0 spiro atoms. The van der Waals surface area contributed by atoms with E-state index in [1.54, 1.807) is 14.0 Å². The number of guanidine groups is 1. The maximum atomic E-state index is 12.2. The van der Waals surface area contributed by atoms with E-state index < -0.39 is 5.54 Å². The van der Waals surface area contributed by atoms with Gasteiger partial charge in [-0.2, -0.15) is 0 Å². The predicted octanol–water partition coefficient (Wildman–Crippen LogP) is 2.95. The van der Waals surface area contributed by atoms with Crippen molar-refractivity contribution in [2.75, 3.05) is 7.05 Å². The van der Waals surface area contributed by atoms with E-state index in [2.05, 4.69) is 4.99 Å². The molecule has 1 atom stereocenters. The summed E-state index contributed by atoms with van der Waals surface area (Å²) in [5.74, 6) is 0.226. The number of ketones is 1. The molecule has 1 aliphatic heterocycles. The first-order valence-electron chi connectivity index (χ1n) is 8.14. The van der Waals surface area contributed by atoms with Gasteiger partial charge in [0.1, 0.15) is 0 Å². The molecule has 0 saturated carbocycles. The van der Waals surface area contributed by atoms with Crippen LogP contribution in [0.25, 0.3) is 11.1 Å². The van der Waals surface area contributed by atoms with Crippen LogP contribution >= 0.6 is 0 Å². The van der Waals surface area contributed by atoms with Crippen molar-refractivity contribution >= 4 is 17.6 Å². The van der Waals surface area contributed by atoms with E-state index in [9.17, 15) is 9.59 Å². The zero-order valence-electron chi connectivity index (χ0n) is 14.6. The van der Waals surface area contributed by atoms with Crippen molar-refractivity contribution in [1.82, 2.24) is 4.90 Å². The molecule has 0 fully saturated rings. The highest BCUT2D eigenvalue weighted by Crippen LogP contribution is 2.34. The number of amides is 1. The van der Waals surface area contributed by atoms with Crippen LogP contribution in [0.4, 0.5) is 0 Å². The molecule has 0 aromatic heterocycles. The molecule has 3 rings (SSSR count). The minimum Gasteiger partial charge on any atom is -0.369 e. The average molecular weight is 335 g/mol. The second-order valence-electron chi connectivity index (χ2n) is 6.59. The van der Waals surface area contributed by atoms with Crippen molar-refractivity contribution in [2.24, 2.45) is 10.7 Å². The van der Waals surface area contributed by atoms with Crippen LogP contribution in [0.1, 0.15) is 36.2 Å². The van der Waals surface area contributed by atoms with Crippen LogP contribution in [0.2, 0.25) is 0 Å². The molecule has 2 aromatic rings. The summed E-state index contributed by atoms with van der Waals surface area (Å²) in [6.45, 7) is 3.47. The Balaban J connectivity index is 1.99. The Labute approximate surface area is 147 Å². The van der Waals surface area contributed by atoms with E-state index >= 15 is 0 Å². The Morgan fingerprint density at radius 2 is 1.84 bits per heavy atom. The van der Waals surface area contributed by atoms with Crippen molar-refractivity contribution < 1.29 is 9.59 Å². The smallest absolute Gasteiger partial charge is 0.231 e. The van der Waals surface area contributed by atoms with Crippen molar-refractivity contribution in [1.29, 1.82) is 0 Å². The summed E-state index contributed by atoms with van der Waals surface area (Å²) in [5, 5.41) is 0. The normalized spacial score (nSPS) is 20.4. The van der Waals surface area contributed by atoms with E-state index in [-0.39, 0.29) is 24.1 Å². The maximum absolute atomic E-state index is 12.2. The van der Waals surface area contributed by atoms with Gasteiger partial charge < -0.3 is 5.73 Å². The summed E-state index contributed by atoms with van der Waals surface area (Å²) in [5.41, 5.74) is 8.86. The standard InChI is InChI=1S/C20H21N3O2/c1-13(24)14-7-9-15(10-8-14)16-5-4-6-17(11-16)20(2)12-18(25)23(3)19(21)22-20/h4-11H,12H2,1-3H3,(H2,21,22). The van der Waals surface area contributed by atoms with Gasteiger partial charge in [-0.05, 0) is 36.6 Å². The van der Waals surface area contributed by atoms with Crippen LogP contribution in [-0.2, 0) is 10.3 Å². The second-order valence-corrected chi connectivity index (χ2v) is 6.59. The molecule has 2 aromatic carbocycles. The molecule has 1 unspecified atom stereocenters. The Morgan fingerprint density at radius 1 is 1.16 bits per heavy atom. The van der Waals surface area contributed by atoms with Gasteiger partial charge in [0.05, 0.1) is 12.0 Å². The number of hydrogen-bond acceptors (Lipinski definition) is 4. The first-order valence-corrected chi connectivity index (χ1v) is 8.14. The van der Waals surface area contributed by atoms with Gasteiger partial charge in [-0.1, -0.05) is 42.5 Å². The third-order valence-electron chi connectivity index (χ3n) is 4.68. The third-order valence-corrected chi connectivity index (χ3v) is 4.68. The molecule has 0 saturated heterocycles. The largest absolute Gasteiger partial charge is 0.369 e. The van der Waals surface area contributed by atoms with Gasteiger partial charge in [-0.3, -0.25) is 14.5 Å². The summed E-state index contributed by atoms with van der Waals surface area (Å²) >= 11 is 0. The van der Waals surface area contributed by atoms with Gasteiger partial charge in [0.15, 0.2) is 11.7 Å². The number of Topliss-reactive ketones (excluding diaryl/α,β-unsaturated/α-hetero) is 1. The fraction of sp³-hybridized carbons (Fsp3) is 0.250. The number of aliphatic imine (C=N–C) groups is 1. The zero-order chi connectivity index (χ0) is 18.2. The molecule has 0 radical (unpaired) electrons. The summed E-state index contributed by atoms with van der Waals surface area (Å²) in [6.07, 6.45) is 0.275. The van der Waals surface area contributed by atoms with Gasteiger partial charge in [0.2, 0.25) is 5.91 Å². The summed E-state index contributed by atoms with van der Waals surface area (Å²) in [7, 11) is 1.63. The third kappa shape index (κ3) is 3.18. The lowest BCUT2D eigenvalue weighted by atomic mass is 9.86. The molecule has 128 valence electrons. The molecule has 1 heterocycles. The van der Waals surface area contributed by atoms with E-state index in [1.165, 1.54) is 4.90 Å². The highest BCUT2D eigenvalue weighted by Gasteiger charge is 2.36. The maximum Gasteiger partial charge on any atom is 0.231 e. The lowest BCUT2D eigenvalue weighted by Gasteiger charge is -2.33. The van der Waals surface area contributed by atoms with Crippen LogP contribution in [0.3, 0.4) is 0 Å². The fourth-order valence-corrected chi connectivity index (χ4v) is 3.01. The van der Waals surface area contributed by atoms with Crippen LogP contribution < -0.4 is 5.73 Å². The predicted molar refractivity (Wildman–Crippen MR) is 98.2 cm³/mol. The average Bonchev–Trinajstić information content (AvgIpc) is 2.60. The highest BCUT2D eigenvalue weighted by molar-refractivity contribution is 5.98. The molecule has 5 nitrogen and oxygen atoms in total. The first kappa shape index (κ1) is 16.9. The Hall–Kier alpha value is -2.95. The Bertz CT molecular complexity index is 871. The van der Waals surface area contributed by atoms with Gasteiger partial charge in [0, 0.05) is 12.6 Å². The highest BCUT2D eigenvalue weighted by atomic mass is 16.2. The van der Waals surface area contributed by atoms with Crippen LogP contribution in [-0.4, -0.2) is 29.6 Å². The van der Waals surface area contributed by atoms with Gasteiger partial charge in [0.25, 0.3) is 0 Å². The summed E-state index contributed by atoms with van der Waals surface area (Å²) < 4.78 is 0. The van der Waals surface area contributed by atoms with Crippen molar-refractivity contribution in [3.63, 3.8) is 0 Å². The Morgan fingerprint density at radius 3 is 2.44 bits per heavy atom. The van der Waals surface area contributed by atoms with Crippen LogP contribution in [0.5, 0.6) is 0 Å². The minimum atomic E-state index is -0.678. The topological polar surface area (TPSA) is 75.8 Å². The molecule has 1 amide bonds.